The minimum absolute atomic E-state index is 0.200. The first-order valence-corrected chi connectivity index (χ1v) is 9.59. The second-order valence-electron chi connectivity index (χ2n) is 7.32. The average molecular weight is 391 g/mol. The molecule has 0 amide bonds. The lowest BCUT2D eigenvalue weighted by Gasteiger charge is -2.12. The summed E-state index contributed by atoms with van der Waals surface area (Å²) in [4.78, 5) is 16.9. The van der Waals surface area contributed by atoms with Crippen molar-refractivity contribution in [2.24, 2.45) is 5.16 Å². The van der Waals surface area contributed by atoms with Crippen molar-refractivity contribution in [1.29, 1.82) is 0 Å². The van der Waals surface area contributed by atoms with Gasteiger partial charge in [-0.05, 0) is 39.1 Å². The van der Waals surface area contributed by atoms with E-state index in [9.17, 15) is 0 Å². The number of benzene rings is 1. The maximum atomic E-state index is 5.39. The van der Waals surface area contributed by atoms with Gasteiger partial charge >= 0.3 is 0 Å². The van der Waals surface area contributed by atoms with Gasteiger partial charge < -0.3 is 14.3 Å². The van der Waals surface area contributed by atoms with Gasteiger partial charge in [0.15, 0.2) is 18.1 Å². The second kappa shape index (κ2) is 8.00. The average Bonchev–Trinajstić information content (AvgIpc) is 3.23. The van der Waals surface area contributed by atoms with Crippen LogP contribution in [0.5, 0.6) is 0 Å². The molecule has 29 heavy (non-hydrogen) atoms. The fourth-order valence-electron chi connectivity index (χ4n) is 3.34. The van der Waals surface area contributed by atoms with Gasteiger partial charge in [0.05, 0.1) is 11.6 Å². The molecule has 0 spiro atoms. The van der Waals surface area contributed by atoms with Gasteiger partial charge in [-0.3, -0.25) is 0 Å². The molecule has 0 N–H and O–H groups in total. The van der Waals surface area contributed by atoms with Crippen LogP contribution >= 0.6 is 0 Å². The third-order valence-corrected chi connectivity index (χ3v) is 5.03. The summed E-state index contributed by atoms with van der Waals surface area (Å²) in [6.45, 7) is 6.26. The molecule has 8 heteroatoms. The van der Waals surface area contributed by atoms with E-state index in [-0.39, 0.29) is 6.61 Å². The SMILES string of the molecule is Cc1c(C)n(CCN(C)C)c2ncn3nc(CO/N=C/c4ccccc4)nc3c12. The number of likely N-dealkylation sites (N-methyl/N-ethyl adjacent to an activating group) is 1. The molecule has 8 nitrogen and oxygen atoms in total. The Labute approximate surface area is 169 Å². The molecule has 0 atom stereocenters. The van der Waals surface area contributed by atoms with Crippen LogP contribution in [0.15, 0.2) is 41.8 Å². The number of rotatable bonds is 7. The van der Waals surface area contributed by atoms with Crippen molar-refractivity contribution < 1.29 is 4.84 Å². The van der Waals surface area contributed by atoms with E-state index in [1.54, 1.807) is 17.1 Å². The Morgan fingerprint density at radius 1 is 1.14 bits per heavy atom. The first-order valence-electron chi connectivity index (χ1n) is 9.59. The molecule has 0 aliphatic rings. The summed E-state index contributed by atoms with van der Waals surface area (Å²) < 4.78 is 3.96. The molecular formula is C21H25N7O. The summed E-state index contributed by atoms with van der Waals surface area (Å²) in [7, 11) is 4.15. The second-order valence-corrected chi connectivity index (χ2v) is 7.32. The minimum Gasteiger partial charge on any atom is -0.387 e. The molecule has 3 heterocycles. The van der Waals surface area contributed by atoms with Crippen molar-refractivity contribution >= 4 is 22.9 Å². The smallest absolute Gasteiger partial charge is 0.192 e. The first-order chi connectivity index (χ1) is 14.0. The van der Waals surface area contributed by atoms with Gasteiger partial charge in [-0.1, -0.05) is 35.5 Å². The molecule has 150 valence electrons. The first kappa shape index (κ1) is 19.1. The number of nitrogens with zero attached hydrogens (tertiary/aromatic N) is 7. The minimum atomic E-state index is 0.200. The molecule has 0 aliphatic carbocycles. The highest BCUT2D eigenvalue weighted by Gasteiger charge is 2.18. The Balaban J connectivity index is 1.59. The number of hydrogen-bond acceptors (Lipinski definition) is 6. The van der Waals surface area contributed by atoms with Crippen LogP contribution in [0.3, 0.4) is 0 Å². The summed E-state index contributed by atoms with van der Waals surface area (Å²) in [5.41, 5.74) is 5.10. The van der Waals surface area contributed by atoms with Crippen LogP contribution in [0.1, 0.15) is 22.6 Å². The molecule has 4 rings (SSSR count). The van der Waals surface area contributed by atoms with E-state index in [0.717, 1.165) is 35.3 Å². The Morgan fingerprint density at radius 2 is 1.93 bits per heavy atom. The zero-order valence-electron chi connectivity index (χ0n) is 17.2. The standard InChI is InChI=1S/C21H25N7O/c1-15-16(2)27(11-10-26(3)4)20-19(15)21-24-18(25-28(21)14-22-20)13-29-23-12-17-8-6-5-7-9-17/h5-9,12,14H,10-11,13H2,1-4H3/b23-12+. The molecule has 0 saturated heterocycles. The van der Waals surface area contributed by atoms with E-state index in [1.165, 1.54) is 11.3 Å². The highest BCUT2D eigenvalue weighted by Crippen LogP contribution is 2.26. The van der Waals surface area contributed by atoms with E-state index in [0.29, 0.717) is 5.82 Å². The van der Waals surface area contributed by atoms with Crippen LogP contribution in [-0.4, -0.2) is 55.9 Å². The van der Waals surface area contributed by atoms with Crippen molar-refractivity contribution in [3.05, 3.63) is 59.3 Å². The van der Waals surface area contributed by atoms with Gasteiger partial charge in [0.2, 0.25) is 0 Å². The maximum Gasteiger partial charge on any atom is 0.192 e. The van der Waals surface area contributed by atoms with Gasteiger partial charge in [0.25, 0.3) is 0 Å². The predicted octanol–water partition coefficient (Wildman–Crippen LogP) is 2.81. The van der Waals surface area contributed by atoms with Gasteiger partial charge in [0.1, 0.15) is 12.0 Å². The fourth-order valence-corrected chi connectivity index (χ4v) is 3.34. The van der Waals surface area contributed by atoms with Crippen LogP contribution in [0.4, 0.5) is 0 Å². The fraction of sp³-hybridized carbons (Fsp3) is 0.333. The number of hydrogen-bond donors (Lipinski definition) is 0. The number of oxime groups is 1. The normalized spacial score (nSPS) is 12.0. The third kappa shape index (κ3) is 3.84. The van der Waals surface area contributed by atoms with Crippen LogP contribution in [0, 0.1) is 13.8 Å². The largest absolute Gasteiger partial charge is 0.387 e. The van der Waals surface area contributed by atoms with E-state index in [1.807, 2.05) is 30.3 Å². The Hall–Kier alpha value is -3.26. The lowest BCUT2D eigenvalue weighted by molar-refractivity contribution is 0.126. The monoisotopic (exact) mass is 391 g/mol. The van der Waals surface area contributed by atoms with Gasteiger partial charge in [-0.2, -0.15) is 0 Å². The van der Waals surface area contributed by atoms with Crippen LogP contribution in [0.25, 0.3) is 16.7 Å². The van der Waals surface area contributed by atoms with E-state index < -0.39 is 0 Å². The van der Waals surface area contributed by atoms with Gasteiger partial charge in [0, 0.05) is 18.8 Å². The molecule has 0 bridgehead atoms. The number of fused-ring (bicyclic) bond motifs is 3. The number of aryl methyl sites for hydroxylation is 1. The van der Waals surface area contributed by atoms with Crippen LogP contribution in [-0.2, 0) is 18.0 Å². The molecule has 4 aromatic rings. The Bertz CT molecular complexity index is 1160. The highest BCUT2D eigenvalue weighted by atomic mass is 16.6. The summed E-state index contributed by atoms with van der Waals surface area (Å²) in [5, 5.41) is 9.53. The summed E-state index contributed by atoms with van der Waals surface area (Å²) >= 11 is 0. The Morgan fingerprint density at radius 3 is 2.69 bits per heavy atom. The van der Waals surface area contributed by atoms with E-state index in [2.05, 4.69) is 57.6 Å². The molecule has 3 aromatic heterocycles. The molecule has 1 aromatic carbocycles. The summed E-state index contributed by atoms with van der Waals surface area (Å²) in [6.07, 6.45) is 3.39. The third-order valence-electron chi connectivity index (χ3n) is 5.03. The molecule has 0 fully saturated rings. The predicted molar refractivity (Wildman–Crippen MR) is 113 cm³/mol. The summed E-state index contributed by atoms with van der Waals surface area (Å²) in [6, 6.07) is 9.80. The van der Waals surface area contributed by atoms with Gasteiger partial charge in [-0.15, -0.1) is 5.10 Å². The lowest BCUT2D eigenvalue weighted by atomic mass is 10.2. The van der Waals surface area contributed by atoms with Crippen molar-refractivity contribution in [1.82, 2.24) is 29.0 Å². The van der Waals surface area contributed by atoms with Crippen molar-refractivity contribution in [2.45, 2.75) is 27.0 Å². The van der Waals surface area contributed by atoms with E-state index in [4.69, 9.17) is 4.84 Å². The molecule has 0 radical (unpaired) electrons. The van der Waals surface area contributed by atoms with Gasteiger partial charge in [-0.25, -0.2) is 14.5 Å². The molecular weight excluding hydrogens is 366 g/mol. The quantitative estimate of drug-likeness (QED) is 0.358. The van der Waals surface area contributed by atoms with Crippen LogP contribution < -0.4 is 0 Å². The number of aromatic nitrogens is 5. The molecule has 0 saturated carbocycles. The van der Waals surface area contributed by atoms with Crippen molar-refractivity contribution in [3.63, 3.8) is 0 Å². The zero-order valence-corrected chi connectivity index (χ0v) is 17.2. The lowest BCUT2D eigenvalue weighted by Crippen LogP contribution is -2.19. The van der Waals surface area contributed by atoms with E-state index >= 15 is 0 Å². The molecule has 0 aliphatic heterocycles. The topological polar surface area (TPSA) is 72.8 Å². The van der Waals surface area contributed by atoms with Crippen LogP contribution in [0.2, 0.25) is 0 Å². The molecule has 0 unspecified atom stereocenters. The zero-order chi connectivity index (χ0) is 20.4. The van der Waals surface area contributed by atoms with Crippen molar-refractivity contribution in [2.75, 3.05) is 20.6 Å². The Kier molecular flexibility index (Phi) is 5.26. The highest BCUT2D eigenvalue weighted by molar-refractivity contribution is 5.93. The van der Waals surface area contributed by atoms with Crippen molar-refractivity contribution in [3.8, 4) is 0 Å². The maximum absolute atomic E-state index is 5.39. The summed E-state index contributed by atoms with van der Waals surface area (Å²) in [5.74, 6) is 0.572.